The van der Waals surface area contributed by atoms with Gasteiger partial charge in [0.15, 0.2) is 5.16 Å². The van der Waals surface area contributed by atoms with Crippen LogP contribution in [0.4, 0.5) is 5.69 Å². The Labute approximate surface area is 144 Å². The first-order chi connectivity index (χ1) is 11.6. The highest BCUT2D eigenvalue weighted by Crippen LogP contribution is 2.21. The Hall–Kier alpha value is -2.35. The number of hydrogen-bond acceptors (Lipinski definition) is 6. The number of carbonyl (C=O) groups is 2. The smallest absolute Gasteiger partial charge is 0.316 e. The number of unbranched alkanes of at least 4 members (excludes halogenated alkanes) is 1. The molecule has 0 bridgehead atoms. The molecule has 2 aromatic rings. The van der Waals surface area contributed by atoms with Crippen LogP contribution in [0.25, 0.3) is 5.69 Å². The Morgan fingerprint density at radius 2 is 2.21 bits per heavy atom. The van der Waals surface area contributed by atoms with E-state index in [0.717, 1.165) is 18.5 Å². The minimum absolute atomic E-state index is 0.139. The van der Waals surface area contributed by atoms with Crippen LogP contribution < -0.4 is 5.32 Å². The molecule has 7 nitrogen and oxygen atoms in total. The maximum atomic E-state index is 11.7. The predicted octanol–water partition coefficient (Wildman–Crippen LogP) is 2.66. The molecule has 8 heteroatoms. The van der Waals surface area contributed by atoms with Crippen LogP contribution in [-0.4, -0.2) is 39.0 Å². The molecule has 0 fully saturated rings. The lowest BCUT2D eigenvalue weighted by Gasteiger charge is -2.08. The van der Waals surface area contributed by atoms with Gasteiger partial charge in [-0.25, -0.2) is 0 Å². The van der Waals surface area contributed by atoms with E-state index in [2.05, 4.69) is 15.5 Å². The molecule has 0 aliphatic heterocycles. The molecule has 128 valence electrons. The van der Waals surface area contributed by atoms with E-state index in [4.69, 9.17) is 4.74 Å². The van der Waals surface area contributed by atoms with E-state index in [0.29, 0.717) is 17.5 Å². The summed E-state index contributed by atoms with van der Waals surface area (Å²) in [6.07, 6.45) is 3.42. The molecule has 0 spiro atoms. The first kappa shape index (κ1) is 18.0. The van der Waals surface area contributed by atoms with Crippen molar-refractivity contribution in [2.45, 2.75) is 31.8 Å². The number of nitrogens with zero attached hydrogens (tertiary/aromatic N) is 3. The minimum atomic E-state index is -0.269. The van der Waals surface area contributed by atoms with Crippen molar-refractivity contribution in [3.05, 3.63) is 30.6 Å². The van der Waals surface area contributed by atoms with E-state index in [-0.39, 0.29) is 17.6 Å². The molecule has 0 aliphatic carbocycles. The Kier molecular flexibility index (Phi) is 6.80. The zero-order valence-corrected chi connectivity index (χ0v) is 14.5. The highest BCUT2D eigenvalue weighted by molar-refractivity contribution is 7.99. The summed E-state index contributed by atoms with van der Waals surface area (Å²) >= 11 is 1.26. The van der Waals surface area contributed by atoms with Crippen LogP contribution in [0, 0.1) is 0 Å². The molecule has 0 saturated carbocycles. The standard InChI is InChI=1S/C16H20N4O3S/c1-3-4-8-23-15(22)10-24-16-19-17-11-20(16)14-7-5-6-13(9-14)18-12(2)21/h5-7,9,11H,3-4,8,10H2,1-2H3,(H,18,21). The third-order valence-corrected chi connectivity index (χ3v) is 3.96. The first-order valence-corrected chi connectivity index (χ1v) is 8.65. The number of thioether (sulfide) groups is 1. The number of ether oxygens (including phenoxy) is 1. The second kappa shape index (κ2) is 9.07. The number of rotatable bonds is 8. The molecule has 0 radical (unpaired) electrons. The summed E-state index contributed by atoms with van der Waals surface area (Å²) in [5, 5.41) is 11.2. The molecule has 1 heterocycles. The van der Waals surface area contributed by atoms with Gasteiger partial charge in [-0.05, 0) is 24.6 Å². The number of benzene rings is 1. The number of esters is 1. The number of nitrogens with one attached hydrogen (secondary N) is 1. The topological polar surface area (TPSA) is 86.1 Å². The number of carbonyl (C=O) groups excluding carboxylic acids is 2. The van der Waals surface area contributed by atoms with Crippen LogP contribution >= 0.6 is 11.8 Å². The number of aromatic nitrogens is 3. The fraction of sp³-hybridized carbons (Fsp3) is 0.375. The Morgan fingerprint density at radius 3 is 2.96 bits per heavy atom. The maximum absolute atomic E-state index is 11.7. The van der Waals surface area contributed by atoms with Gasteiger partial charge in [0.05, 0.1) is 18.0 Å². The fourth-order valence-corrected chi connectivity index (χ4v) is 2.66. The lowest BCUT2D eigenvalue weighted by molar-refractivity contribution is -0.140. The molecular weight excluding hydrogens is 328 g/mol. The molecule has 0 atom stereocenters. The second-order valence-electron chi connectivity index (χ2n) is 5.08. The van der Waals surface area contributed by atoms with Crippen molar-refractivity contribution in [2.75, 3.05) is 17.7 Å². The predicted molar refractivity (Wildman–Crippen MR) is 92.3 cm³/mol. The Morgan fingerprint density at radius 1 is 1.38 bits per heavy atom. The molecule has 2 rings (SSSR count). The van der Waals surface area contributed by atoms with Crippen molar-refractivity contribution in [3.8, 4) is 5.69 Å². The fourth-order valence-electron chi connectivity index (χ4n) is 1.93. The number of amides is 1. The van der Waals surface area contributed by atoms with Crippen LogP contribution in [0.2, 0.25) is 0 Å². The van der Waals surface area contributed by atoms with Gasteiger partial charge in [-0.3, -0.25) is 14.2 Å². The van der Waals surface area contributed by atoms with E-state index in [1.807, 2.05) is 25.1 Å². The average molecular weight is 348 g/mol. The number of hydrogen-bond donors (Lipinski definition) is 1. The summed E-state index contributed by atoms with van der Waals surface area (Å²) in [7, 11) is 0. The van der Waals surface area contributed by atoms with Crippen molar-refractivity contribution < 1.29 is 14.3 Å². The Bertz CT molecular complexity index is 702. The molecule has 1 amide bonds. The van der Waals surface area contributed by atoms with Gasteiger partial charge < -0.3 is 10.1 Å². The zero-order chi connectivity index (χ0) is 17.4. The van der Waals surface area contributed by atoms with Gasteiger partial charge in [-0.1, -0.05) is 31.2 Å². The van der Waals surface area contributed by atoms with Gasteiger partial charge in [0, 0.05) is 12.6 Å². The van der Waals surface area contributed by atoms with Gasteiger partial charge in [0.25, 0.3) is 0 Å². The van der Waals surface area contributed by atoms with Crippen LogP contribution in [0.1, 0.15) is 26.7 Å². The maximum Gasteiger partial charge on any atom is 0.316 e. The first-order valence-electron chi connectivity index (χ1n) is 7.66. The van der Waals surface area contributed by atoms with Crippen molar-refractivity contribution >= 4 is 29.3 Å². The average Bonchev–Trinajstić information content (AvgIpc) is 3.01. The van der Waals surface area contributed by atoms with Crippen LogP contribution in [0.3, 0.4) is 0 Å². The summed E-state index contributed by atoms with van der Waals surface area (Å²) < 4.78 is 6.88. The van der Waals surface area contributed by atoms with Crippen molar-refractivity contribution in [2.24, 2.45) is 0 Å². The third kappa shape index (κ3) is 5.38. The summed E-state index contributed by atoms with van der Waals surface area (Å²) in [6.45, 7) is 3.94. The molecular formula is C16H20N4O3S. The van der Waals surface area contributed by atoms with Gasteiger partial charge in [-0.15, -0.1) is 10.2 Å². The summed E-state index contributed by atoms with van der Waals surface area (Å²) in [4.78, 5) is 22.9. The van der Waals surface area contributed by atoms with Gasteiger partial charge >= 0.3 is 5.97 Å². The van der Waals surface area contributed by atoms with Gasteiger partial charge in [-0.2, -0.15) is 0 Å². The lowest BCUT2D eigenvalue weighted by Crippen LogP contribution is -2.09. The highest BCUT2D eigenvalue weighted by atomic mass is 32.2. The van der Waals surface area contributed by atoms with Crippen LogP contribution in [-0.2, 0) is 14.3 Å². The Balaban J connectivity index is 2.02. The normalized spacial score (nSPS) is 10.4. The summed E-state index contributed by atoms with van der Waals surface area (Å²) in [5.41, 5.74) is 1.48. The van der Waals surface area contributed by atoms with E-state index in [1.165, 1.54) is 18.7 Å². The third-order valence-electron chi connectivity index (χ3n) is 3.04. The van der Waals surface area contributed by atoms with Crippen molar-refractivity contribution in [1.82, 2.24) is 14.8 Å². The SMILES string of the molecule is CCCCOC(=O)CSc1nncn1-c1cccc(NC(C)=O)c1. The highest BCUT2D eigenvalue weighted by Gasteiger charge is 2.11. The molecule has 1 aromatic carbocycles. The van der Waals surface area contributed by atoms with E-state index in [1.54, 1.807) is 17.0 Å². The molecule has 0 aliphatic rings. The molecule has 1 N–H and O–H groups in total. The van der Waals surface area contributed by atoms with Gasteiger partial charge in [0.2, 0.25) is 5.91 Å². The summed E-state index contributed by atoms with van der Waals surface area (Å²) in [5.74, 6) is -0.233. The molecule has 0 saturated heterocycles. The molecule has 1 aromatic heterocycles. The summed E-state index contributed by atoms with van der Waals surface area (Å²) in [6, 6.07) is 7.31. The quantitative estimate of drug-likeness (QED) is 0.448. The zero-order valence-electron chi connectivity index (χ0n) is 13.7. The monoisotopic (exact) mass is 348 g/mol. The van der Waals surface area contributed by atoms with E-state index in [9.17, 15) is 9.59 Å². The van der Waals surface area contributed by atoms with E-state index >= 15 is 0 Å². The van der Waals surface area contributed by atoms with Crippen molar-refractivity contribution in [1.29, 1.82) is 0 Å². The molecule has 0 unspecified atom stereocenters. The van der Waals surface area contributed by atoms with Crippen molar-refractivity contribution in [3.63, 3.8) is 0 Å². The minimum Gasteiger partial charge on any atom is -0.465 e. The largest absolute Gasteiger partial charge is 0.465 e. The number of anilines is 1. The van der Waals surface area contributed by atoms with Crippen LogP contribution in [0.5, 0.6) is 0 Å². The lowest BCUT2D eigenvalue weighted by atomic mass is 10.2. The molecule has 24 heavy (non-hydrogen) atoms. The van der Waals surface area contributed by atoms with Crippen LogP contribution in [0.15, 0.2) is 35.7 Å². The van der Waals surface area contributed by atoms with Gasteiger partial charge in [0.1, 0.15) is 6.33 Å². The van der Waals surface area contributed by atoms with E-state index < -0.39 is 0 Å². The second-order valence-corrected chi connectivity index (χ2v) is 6.02.